The van der Waals surface area contributed by atoms with Crippen LogP contribution in [0.5, 0.6) is 0 Å². The number of benzene rings is 1. The predicted octanol–water partition coefficient (Wildman–Crippen LogP) is 0.284. The smallest absolute Gasteiger partial charge is 0.338 e. The van der Waals surface area contributed by atoms with Crippen molar-refractivity contribution in [1.29, 1.82) is 5.26 Å². The quantitative estimate of drug-likeness (QED) is 0.674. The second-order valence-corrected chi connectivity index (χ2v) is 4.70. The molecule has 0 saturated carbocycles. The van der Waals surface area contributed by atoms with Gasteiger partial charge in [-0.2, -0.15) is 10.4 Å². The van der Waals surface area contributed by atoms with Crippen molar-refractivity contribution >= 4 is 11.8 Å². The number of esters is 1. The van der Waals surface area contributed by atoms with E-state index in [1.165, 1.54) is 23.0 Å². The summed E-state index contributed by atoms with van der Waals surface area (Å²) in [5.41, 5.74) is 6.96. The van der Waals surface area contributed by atoms with Gasteiger partial charge in [0, 0.05) is 0 Å². The zero-order valence-electron chi connectivity index (χ0n) is 12.4. The number of nitrogens with zero attached hydrogens (tertiary/aromatic N) is 3. The van der Waals surface area contributed by atoms with Crippen LogP contribution in [-0.2, 0) is 9.53 Å². The summed E-state index contributed by atoms with van der Waals surface area (Å²) >= 11 is 0. The van der Waals surface area contributed by atoms with E-state index in [1.54, 1.807) is 19.1 Å². The highest BCUT2D eigenvalue weighted by Gasteiger charge is 2.26. The van der Waals surface area contributed by atoms with Crippen LogP contribution < -0.4 is 5.73 Å². The van der Waals surface area contributed by atoms with E-state index in [9.17, 15) is 15.0 Å². The van der Waals surface area contributed by atoms with Crippen molar-refractivity contribution in [2.45, 2.75) is 19.1 Å². The summed E-state index contributed by atoms with van der Waals surface area (Å²) in [7, 11) is 0. The second-order valence-electron chi connectivity index (χ2n) is 4.70. The molecule has 0 fully saturated rings. The van der Waals surface area contributed by atoms with E-state index in [4.69, 9.17) is 11.0 Å². The number of carbonyl (C=O) groups excluding carboxylic acids is 1. The number of carbonyl (C=O) groups is 1. The highest BCUT2D eigenvalue weighted by Crippen LogP contribution is 2.21. The Morgan fingerprint density at radius 2 is 2.09 bits per heavy atom. The third-order valence-corrected chi connectivity index (χ3v) is 3.23. The summed E-state index contributed by atoms with van der Waals surface area (Å²) < 4.78 is 6.03. The van der Waals surface area contributed by atoms with Crippen molar-refractivity contribution in [2.75, 3.05) is 12.3 Å². The Hall–Kier alpha value is -2.89. The van der Waals surface area contributed by atoms with Gasteiger partial charge in [0.25, 0.3) is 0 Å². The van der Waals surface area contributed by atoms with Gasteiger partial charge in [0.2, 0.25) is 0 Å². The van der Waals surface area contributed by atoms with Crippen molar-refractivity contribution in [3.8, 4) is 11.8 Å². The summed E-state index contributed by atoms with van der Waals surface area (Å²) in [5.74, 6) is -0.689. The van der Waals surface area contributed by atoms with Gasteiger partial charge in [-0.3, -0.25) is 0 Å². The first-order valence-electron chi connectivity index (χ1n) is 6.86. The van der Waals surface area contributed by atoms with E-state index < -0.39 is 18.2 Å². The molecule has 1 aromatic carbocycles. The van der Waals surface area contributed by atoms with E-state index >= 15 is 0 Å². The van der Waals surface area contributed by atoms with Gasteiger partial charge >= 0.3 is 5.97 Å². The molecule has 0 aliphatic carbocycles. The molecule has 23 heavy (non-hydrogen) atoms. The molecule has 1 aromatic heterocycles. The van der Waals surface area contributed by atoms with Crippen LogP contribution in [0.2, 0.25) is 0 Å². The van der Waals surface area contributed by atoms with Gasteiger partial charge in [0.05, 0.1) is 18.5 Å². The molecule has 2 rings (SSSR count). The van der Waals surface area contributed by atoms with E-state index in [-0.39, 0.29) is 18.0 Å². The number of nitrogen functional groups attached to an aromatic ring is 1. The number of anilines is 1. The number of aromatic nitrogens is 2. The molecule has 0 amide bonds. The van der Waals surface area contributed by atoms with Crippen molar-refractivity contribution in [3.05, 3.63) is 41.6 Å². The molecule has 0 saturated heterocycles. The Morgan fingerprint density at radius 3 is 2.61 bits per heavy atom. The van der Waals surface area contributed by atoms with Crippen LogP contribution in [0.1, 0.15) is 24.2 Å². The molecule has 2 aromatic rings. The minimum absolute atomic E-state index is 0.112. The van der Waals surface area contributed by atoms with Gasteiger partial charge in [-0.05, 0) is 24.6 Å². The second kappa shape index (κ2) is 6.91. The Kier molecular flexibility index (Phi) is 4.95. The van der Waals surface area contributed by atoms with Crippen molar-refractivity contribution in [2.24, 2.45) is 0 Å². The minimum Gasteiger partial charge on any atom is -0.464 e. The molecular formula is C15H16N4O4. The van der Waals surface area contributed by atoms with E-state index in [0.717, 1.165) is 0 Å². The van der Waals surface area contributed by atoms with Crippen molar-refractivity contribution in [1.82, 2.24) is 9.78 Å². The number of rotatable bonds is 5. The maximum absolute atomic E-state index is 11.4. The summed E-state index contributed by atoms with van der Waals surface area (Å²) in [6, 6.07) is 8.16. The number of aliphatic hydroxyl groups excluding tert-OH is 2. The molecule has 2 atom stereocenters. The molecule has 8 nitrogen and oxygen atoms in total. The highest BCUT2D eigenvalue weighted by atomic mass is 16.5. The van der Waals surface area contributed by atoms with Crippen LogP contribution in [0.15, 0.2) is 30.5 Å². The molecule has 8 heteroatoms. The Morgan fingerprint density at radius 1 is 1.43 bits per heavy atom. The highest BCUT2D eigenvalue weighted by molar-refractivity contribution is 5.75. The number of hydrogen-bond acceptors (Lipinski definition) is 7. The molecular weight excluding hydrogens is 300 g/mol. The molecule has 120 valence electrons. The fraction of sp³-hybridized carbons (Fsp3) is 0.267. The normalized spacial score (nSPS) is 13.1. The van der Waals surface area contributed by atoms with Crippen molar-refractivity contribution in [3.63, 3.8) is 0 Å². The molecule has 0 bridgehead atoms. The zero-order valence-corrected chi connectivity index (χ0v) is 12.4. The Bertz CT molecular complexity index is 733. The van der Waals surface area contributed by atoms with Gasteiger partial charge < -0.3 is 20.7 Å². The topological polar surface area (TPSA) is 134 Å². The maximum atomic E-state index is 11.4. The minimum atomic E-state index is -1.67. The lowest BCUT2D eigenvalue weighted by atomic mass is 10.0. The fourth-order valence-electron chi connectivity index (χ4n) is 2.00. The molecule has 0 aliphatic heterocycles. The lowest BCUT2D eigenvalue weighted by Gasteiger charge is -2.17. The molecule has 0 aliphatic rings. The van der Waals surface area contributed by atoms with E-state index in [1.807, 2.05) is 6.07 Å². The lowest BCUT2D eigenvalue weighted by molar-refractivity contribution is -0.159. The van der Waals surface area contributed by atoms with Gasteiger partial charge in [0.1, 0.15) is 23.6 Å². The lowest BCUT2D eigenvalue weighted by Crippen LogP contribution is -2.29. The Balaban J connectivity index is 2.20. The average molecular weight is 316 g/mol. The van der Waals surface area contributed by atoms with Crippen LogP contribution in [0.25, 0.3) is 5.69 Å². The van der Waals surface area contributed by atoms with Crippen LogP contribution in [0.4, 0.5) is 5.82 Å². The van der Waals surface area contributed by atoms with Gasteiger partial charge in [0.15, 0.2) is 6.10 Å². The molecule has 2 unspecified atom stereocenters. The summed E-state index contributed by atoms with van der Waals surface area (Å²) in [6.45, 7) is 1.72. The number of nitriles is 1. The Labute approximate surface area is 132 Å². The van der Waals surface area contributed by atoms with E-state index in [2.05, 4.69) is 9.84 Å². The van der Waals surface area contributed by atoms with Gasteiger partial charge in [-0.25, -0.2) is 9.48 Å². The molecule has 1 heterocycles. The predicted molar refractivity (Wildman–Crippen MR) is 80.3 cm³/mol. The van der Waals surface area contributed by atoms with Crippen LogP contribution in [0.3, 0.4) is 0 Å². The number of aliphatic hydroxyl groups is 2. The number of ether oxygens (including phenoxy) is 1. The van der Waals surface area contributed by atoms with Crippen LogP contribution >= 0.6 is 0 Å². The first-order valence-corrected chi connectivity index (χ1v) is 6.86. The summed E-state index contributed by atoms with van der Waals surface area (Å²) in [6.07, 6.45) is -1.73. The summed E-state index contributed by atoms with van der Waals surface area (Å²) in [5, 5.41) is 32.6. The van der Waals surface area contributed by atoms with Gasteiger partial charge in [-0.1, -0.05) is 12.1 Å². The largest absolute Gasteiger partial charge is 0.464 e. The van der Waals surface area contributed by atoms with Crippen molar-refractivity contribution < 1.29 is 19.7 Å². The average Bonchev–Trinajstić information content (AvgIpc) is 2.94. The first-order chi connectivity index (χ1) is 11.0. The molecule has 0 radical (unpaired) electrons. The van der Waals surface area contributed by atoms with Crippen LogP contribution in [-0.4, -0.2) is 38.7 Å². The maximum Gasteiger partial charge on any atom is 0.338 e. The molecule has 0 spiro atoms. The van der Waals surface area contributed by atoms with Crippen LogP contribution in [0, 0.1) is 11.3 Å². The third-order valence-electron chi connectivity index (χ3n) is 3.23. The number of hydrogen-bond donors (Lipinski definition) is 3. The van der Waals surface area contributed by atoms with E-state index in [0.29, 0.717) is 11.3 Å². The standard InChI is InChI=1S/C15H16N4O4/c1-2-23-15(22)13(21)12(20)9-3-5-11(6-4-9)19-14(17)10(7-16)8-18-19/h3-6,8,12-13,20-21H,2,17H2,1H3. The monoisotopic (exact) mass is 316 g/mol. The third kappa shape index (κ3) is 3.31. The zero-order chi connectivity index (χ0) is 17.0. The number of nitrogens with two attached hydrogens (primary N) is 1. The molecule has 4 N–H and O–H groups in total. The fourth-order valence-corrected chi connectivity index (χ4v) is 2.00. The SMILES string of the molecule is CCOC(=O)C(O)C(O)c1ccc(-n2ncc(C#N)c2N)cc1. The first kappa shape index (κ1) is 16.5. The summed E-state index contributed by atoms with van der Waals surface area (Å²) in [4.78, 5) is 11.4. The van der Waals surface area contributed by atoms with Gasteiger partial charge in [-0.15, -0.1) is 0 Å².